The van der Waals surface area contributed by atoms with Gasteiger partial charge in [-0.15, -0.1) is 0 Å². The molecule has 1 aliphatic carbocycles. The highest BCUT2D eigenvalue weighted by Gasteiger charge is 2.26. The van der Waals surface area contributed by atoms with E-state index in [2.05, 4.69) is 26.5 Å². The smallest absolute Gasteiger partial charge is 0.244 e. The number of amides is 2. The lowest BCUT2D eigenvalue weighted by Crippen LogP contribution is -2.47. The number of nitrogens with zero attached hydrogens (tertiary/aromatic N) is 2. The molecule has 7 heteroatoms. The van der Waals surface area contributed by atoms with Gasteiger partial charge in [0.25, 0.3) is 0 Å². The van der Waals surface area contributed by atoms with Crippen LogP contribution in [-0.4, -0.2) is 56.0 Å². The predicted octanol–water partition coefficient (Wildman–Crippen LogP) is 2.97. The number of piperazine rings is 1. The second-order valence-corrected chi connectivity index (χ2v) is 8.22. The summed E-state index contributed by atoms with van der Waals surface area (Å²) in [5.74, 6) is 1.16. The number of rotatable bonds is 9. The highest BCUT2D eigenvalue weighted by atomic mass is 16.3. The van der Waals surface area contributed by atoms with E-state index in [9.17, 15) is 9.59 Å². The molecular formula is C24H30N4O3. The summed E-state index contributed by atoms with van der Waals surface area (Å²) in [5, 5.41) is 5.64. The van der Waals surface area contributed by atoms with Crippen molar-refractivity contribution >= 4 is 29.3 Å². The molecule has 4 rings (SSSR count). The maximum atomic E-state index is 12.3. The summed E-state index contributed by atoms with van der Waals surface area (Å²) < 4.78 is 5.13. The molecule has 0 spiro atoms. The molecule has 7 nitrogen and oxygen atoms in total. The summed E-state index contributed by atoms with van der Waals surface area (Å²) in [4.78, 5) is 29.0. The van der Waals surface area contributed by atoms with Gasteiger partial charge in [-0.25, -0.2) is 0 Å². The van der Waals surface area contributed by atoms with Gasteiger partial charge in [0, 0.05) is 63.1 Å². The summed E-state index contributed by atoms with van der Waals surface area (Å²) >= 11 is 0. The molecule has 2 aromatic rings. The zero-order chi connectivity index (χ0) is 21.5. The average Bonchev–Trinajstić information content (AvgIpc) is 3.43. The number of hydrogen-bond acceptors (Lipinski definition) is 5. The van der Waals surface area contributed by atoms with Crippen molar-refractivity contribution in [3.8, 4) is 0 Å². The number of carbonyl (C=O) groups excluding carboxylic acids is 2. The monoisotopic (exact) mass is 422 g/mol. The van der Waals surface area contributed by atoms with Gasteiger partial charge in [-0.1, -0.05) is 6.07 Å². The van der Waals surface area contributed by atoms with Gasteiger partial charge in [-0.3, -0.25) is 14.5 Å². The lowest BCUT2D eigenvalue weighted by atomic mass is 10.2. The SMILES string of the molecule is O=C(/C=C/c1ccco1)NCCC(=O)Nc1cccc(N2CCN(CC3CC3)CC2)c1. The van der Waals surface area contributed by atoms with E-state index in [0.29, 0.717) is 5.76 Å². The number of nitrogens with one attached hydrogen (secondary N) is 2. The van der Waals surface area contributed by atoms with Crippen LogP contribution in [0.2, 0.25) is 0 Å². The Bertz CT molecular complexity index is 897. The molecule has 1 saturated carbocycles. The van der Waals surface area contributed by atoms with Crippen molar-refractivity contribution in [3.05, 3.63) is 54.5 Å². The summed E-state index contributed by atoms with van der Waals surface area (Å²) in [5.41, 5.74) is 1.92. The van der Waals surface area contributed by atoms with E-state index in [4.69, 9.17) is 4.42 Å². The minimum absolute atomic E-state index is 0.123. The summed E-state index contributed by atoms with van der Waals surface area (Å²) in [6.07, 6.45) is 7.54. The predicted molar refractivity (Wildman–Crippen MR) is 122 cm³/mol. The summed E-state index contributed by atoms with van der Waals surface area (Å²) in [6.45, 7) is 5.75. The van der Waals surface area contributed by atoms with Gasteiger partial charge in [-0.2, -0.15) is 0 Å². The Kier molecular flexibility index (Phi) is 7.04. The zero-order valence-corrected chi connectivity index (χ0v) is 17.8. The van der Waals surface area contributed by atoms with E-state index in [1.807, 2.05) is 18.2 Å². The van der Waals surface area contributed by atoms with E-state index < -0.39 is 0 Å². The fourth-order valence-corrected chi connectivity index (χ4v) is 3.76. The zero-order valence-electron chi connectivity index (χ0n) is 17.8. The van der Waals surface area contributed by atoms with Gasteiger partial charge in [0.05, 0.1) is 6.26 Å². The summed E-state index contributed by atoms with van der Waals surface area (Å²) in [6, 6.07) is 11.5. The van der Waals surface area contributed by atoms with Crippen molar-refractivity contribution in [1.82, 2.24) is 10.2 Å². The van der Waals surface area contributed by atoms with Crippen LogP contribution in [0.25, 0.3) is 6.08 Å². The van der Waals surface area contributed by atoms with Crippen molar-refractivity contribution < 1.29 is 14.0 Å². The Balaban J connectivity index is 1.18. The molecule has 1 aliphatic heterocycles. The molecular weight excluding hydrogens is 392 g/mol. The van der Waals surface area contributed by atoms with Crippen molar-refractivity contribution in [2.24, 2.45) is 5.92 Å². The Morgan fingerprint density at radius 1 is 1.10 bits per heavy atom. The fourth-order valence-electron chi connectivity index (χ4n) is 3.76. The van der Waals surface area contributed by atoms with Crippen LogP contribution in [0.15, 0.2) is 53.2 Å². The van der Waals surface area contributed by atoms with Crippen molar-refractivity contribution in [2.45, 2.75) is 19.3 Å². The fraction of sp³-hybridized carbons (Fsp3) is 0.417. The van der Waals surface area contributed by atoms with Gasteiger partial charge in [0.15, 0.2) is 0 Å². The highest BCUT2D eigenvalue weighted by molar-refractivity contribution is 5.93. The highest BCUT2D eigenvalue weighted by Crippen LogP contribution is 2.30. The van der Waals surface area contributed by atoms with E-state index in [0.717, 1.165) is 43.5 Å². The van der Waals surface area contributed by atoms with E-state index in [1.165, 1.54) is 25.5 Å². The lowest BCUT2D eigenvalue weighted by Gasteiger charge is -2.36. The van der Waals surface area contributed by atoms with Crippen LogP contribution in [0.3, 0.4) is 0 Å². The van der Waals surface area contributed by atoms with Gasteiger partial charge in [0.1, 0.15) is 5.76 Å². The molecule has 1 aromatic heterocycles. The standard InChI is InChI=1S/C24H30N4O3/c29-23(9-8-22-5-2-16-31-22)25-11-10-24(30)26-20-3-1-4-21(17-20)28-14-12-27(13-15-28)18-19-6-7-19/h1-5,8-9,16-17,19H,6-7,10-15,18H2,(H,25,29)(H,26,30)/b9-8+. The molecule has 1 aromatic carbocycles. The molecule has 0 unspecified atom stereocenters. The molecule has 2 N–H and O–H groups in total. The van der Waals surface area contributed by atoms with Crippen LogP contribution in [0.5, 0.6) is 0 Å². The van der Waals surface area contributed by atoms with E-state index in [1.54, 1.807) is 24.5 Å². The van der Waals surface area contributed by atoms with E-state index in [-0.39, 0.29) is 24.8 Å². The summed E-state index contributed by atoms with van der Waals surface area (Å²) in [7, 11) is 0. The topological polar surface area (TPSA) is 77.8 Å². The quantitative estimate of drug-likeness (QED) is 0.608. The van der Waals surface area contributed by atoms with Crippen LogP contribution in [0, 0.1) is 5.92 Å². The Hall–Kier alpha value is -3.06. The molecule has 2 aliphatic rings. The van der Waals surface area contributed by atoms with Crippen LogP contribution < -0.4 is 15.5 Å². The molecule has 31 heavy (non-hydrogen) atoms. The Morgan fingerprint density at radius 3 is 2.68 bits per heavy atom. The number of anilines is 2. The molecule has 1 saturated heterocycles. The first kappa shape index (κ1) is 21.2. The first-order valence-electron chi connectivity index (χ1n) is 11.0. The van der Waals surface area contributed by atoms with Gasteiger partial charge >= 0.3 is 0 Å². The second kappa shape index (κ2) is 10.3. The molecule has 2 fully saturated rings. The molecule has 0 bridgehead atoms. The minimum atomic E-state index is -0.257. The third-order valence-corrected chi connectivity index (χ3v) is 5.67. The molecule has 2 heterocycles. The Labute approximate surface area is 183 Å². The Morgan fingerprint density at radius 2 is 1.94 bits per heavy atom. The first-order chi connectivity index (χ1) is 15.2. The van der Waals surface area contributed by atoms with Crippen LogP contribution >= 0.6 is 0 Å². The third-order valence-electron chi connectivity index (χ3n) is 5.67. The maximum Gasteiger partial charge on any atom is 0.244 e. The average molecular weight is 423 g/mol. The van der Waals surface area contributed by atoms with Crippen LogP contribution in [0.4, 0.5) is 11.4 Å². The van der Waals surface area contributed by atoms with Crippen molar-refractivity contribution in [2.75, 3.05) is 49.5 Å². The molecule has 2 amide bonds. The van der Waals surface area contributed by atoms with Gasteiger partial charge in [0.2, 0.25) is 11.8 Å². The van der Waals surface area contributed by atoms with Crippen LogP contribution in [0.1, 0.15) is 25.0 Å². The van der Waals surface area contributed by atoms with Crippen LogP contribution in [-0.2, 0) is 9.59 Å². The third kappa shape index (κ3) is 6.72. The number of furan rings is 1. The first-order valence-corrected chi connectivity index (χ1v) is 11.0. The molecule has 0 atom stereocenters. The number of hydrogen-bond donors (Lipinski definition) is 2. The van der Waals surface area contributed by atoms with Crippen molar-refractivity contribution in [1.29, 1.82) is 0 Å². The largest absolute Gasteiger partial charge is 0.465 e. The molecule has 0 radical (unpaired) electrons. The maximum absolute atomic E-state index is 12.3. The van der Waals surface area contributed by atoms with Crippen molar-refractivity contribution in [3.63, 3.8) is 0 Å². The van der Waals surface area contributed by atoms with E-state index >= 15 is 0 Å². The van der Waals surface area contributed by atoms with Gasteiger partial charge in [-0.05, 0) is 55.2 Å². The normalized spacial score (nSPS) is 17.1. The number of carbonyl (C=O) groups is 2. The lowest BCUT2D eigenvalue weighted by molar-refractivity contribution is -0.117. The molecule has 164 valence electrons. The number of benzene rings is 1. The minimum Gasteiger partial charge on any atom is -0.465 e. The van der Waals surface area contributed by atoms with Gasteiger partial charge < -0.3 is 20.0 Å². The second-order valence-electron chi connectivity index (χ2n) is 8.22.